The normalized spacial score (nSPS) is 19.9. The van der Waals surface area contributed by atoms with Gasteiger partial charge in [0.1, 0.15) is 0 Å². The minimum absolute atomic E-state index is 0.550. The Hall–Kier alpha value is -1.57. The molecule has 0 spiro atoms. The van der Waals surface area contributed by atoms with Crippen molar-refractivity contribution in [3.05, 3.63) is 53.3 Å². The van der Waals surface area contributed by atoms with E-state index in [2.05, 4.69) is 34.5 Å². The molecule has 1 unspecified atom stereocenters. The summed E-state index contributed by atoms with van der Waals surface area (Å²) in [4.78, 5) is 0. The third-order valence-corrected chi connectivity index (χ3v) is 3.29. The van der Waals surface area contributed by atoms with E-state index in [0.717, 1.165) is 0 Å². The average molecular weight is 198 g/mol. The van der Waals surface area contributed by atoms with Gasteiger partial charge in [0.2, 0.25) is 0 Å². The predicted octanol–water partition coefficient (Wildman–Crippen LogP) is 2.88. The number of aromatic amines is 1. The van der Waals surface area contributed by atoms with Crippen molar-refractivity contribution in [2.75, 3.05) is 0 Å². The number of rotatable bonds is 1. The molecule has 1 aromatic heterocycles. The van der Waals surface area contributed by atoms with E-state index in [1.165, 1.54) is 36.0 Å². The number of aromatic nitrogens is 2. The number of hydrogen-bond donors (Lipinski definition) is 1. The van der Waals surface area contributed by atoms with E-state index in [9.17, 15) is 0 Å². The van der Waals surface area contributed by atoms with Crippen LogP contribution in [0.4, 0.5) is 0 Å². The molecule has 3 rings (SSSR count). The van der Waals surface area contributed by atoms with Gasteiger partial charge >= 0.3 is 0 Å². The van der Waals surface area contributed by atoms with E-state index in [-0.39, 0.29) is 0 Å². The van der Waals surface area contributed by atoms with Crippen molar-refractivity contribution >= 4 is 0 Å². The third-order valence-electron chi connectivity index (χ3n) is 3.29. The largest absolute Gasteiger partial charge is 0.285 e. The minimum Gasteiger partial charge on any atom is -0.285 e. The average Bonchev–Trinajstić information content (AvgIpc) is 2.82. The minimum atomic E-state index is 0.550. The number of hydrogen-bond acceptors (Lipinski definition) is 1. The molecule has 76 valence electrons. The lowest BCUT2D eigenvalue weighted by atomic mass is 9.80. The molecule has 1 aliphatic rings. The van der Waals surface area contributed by atoms with Gasteiger partial charge in [-0.3, -0.25) is 5.10 Å². The quantitative estimate of drug-likeness (QED) is 0.750. The summed E-state index contributed by atoms with van der Waals surface area (Å²) in [6.07, 6.45) is 7.73. The maximum Gasteiger partial charge on any atom is 0.0525 e. The van der Waals surface area contributed by atoms with Gasteiger partial charge in [-0.1, -0.05) is 24.3 Å². The maximum atomic E-state index is 4.05. The van der Waals surface area contributed by atoms with Crippen molar-refractivity contribution in [2.45, 2.75) is 25.2 Å². The Bertz CT molecular complexity index is 445. The zero-order chi connectivity index (χ0) is 10.1. The summed E-state index contributed by atoms with van der Waals surface area (Å²) in [7, 11) is 0. The zero-order valence-electron chi connectivity index (χ0n) is 8.61. The van der Waals surface area contributed by atoms with Crippen LogP contribution in [0.25, 0.3) is 0 Å². The van der Waals surface area contributed by atoms with E-state index >= 15 is 0 Å². The van der Waals surface area contributed by atoms with E-state index < -0.39 is 0 Å². The van der Waals surface area contributed by atoms with Crippen LogP contribution in [0.1, 0.15) is 35.4 Å². The van der Waals surface area contributed by atoms with E-state index in [1.807, 2.05) is 12.4 Å². The van der Waals surface area contributed by atoms with Gasteiger partial charge in [0.15, 0.2) is 0 Å². The van der Waals surface area contributed by atoms with Crippen LogP contribution in [0.2, 0.25) is 0 Å². The molecule has 2 heteroatoms. The van der Waals surface area contributed by atoms with Gasteiger partial charge in [-0.15, -0.1) is 0 Å². The monoisotopic (exact) mass is 198 g/mol. The number of nitrogens with zero attached hydrogens (tertiary/aromatic N) is 1. The van der Waals surface area contributed by atoms with Crippen molar-refractivity contribution < 1.29 is 0 Å². The highest BCUT2D eigenvalue weighted by atomic mass is 15.1. The zero-order valence-corrected chi connectivity index (χ0v) is 8.61. The Balaban J connectivity index is 2.06. The second-order valence-corrected chi connectivity index (χ2v) is 4.18. The van der Waals surface area contributed by atoms with Crippen molar-refractivity contribution in [3.63, 3.8) is 0 Å². The van der Waals surface area contributed by atoms with Crippen LogP contribution in [-0.4, -0.2) is 10.2 Å². The highest BCUT2D eigenvalue weighted by Crippen LogP contribution is 2.35. The number of benzene rings is 1. The Morgan fingerprint density at radius 1 is 1.27 bits per heavy atom. The molecular formula is C13H14N2. The van der Waals surface area contributed by atoms with Crippen molar-refractivity contribution in [2.24, 2.45) is 0 Å². The first-order chi connectivity index (χ1) is 7.45. The summed E-state index contributed by atoms with van der Waals surface area (Å²) in [6, 6.07) is 8.78. The van der Waals surface area contributed by atoms with Gasteiger partial charge in [-0.05, 0) is 36.0 Å². The Morgan fingerprint density at radius 2 is 2.20 bits per heavy atom. The summed E-state index contributed by atoms with van der Waals surface area (Å²) in [5.41, 5.74) is 4.32. The standard InChI is InChI=1S/C13H14N2/c1-2-6-12-10(4-1)5-3-7-13(12)11-8-14-15-9-11/h1-2,4,6,8-9,13H,3,5,7H2,(H,14,15). The molecule has 1 heterocycles. The van der Waals surface area contributed by atoms with Gasteiger partial charge in [0.05, 0.1) is 6.20 Å². The SMILES string of the molecule is c1ccc2c(c1)CCCC2c1cn[nH]c1. The lowest BCUT2D eigenvalue weighted by Crippen LogP contribution is -2.10. The molecule has 1 N–H and O–H groups in total. The molecule has 1 aromatic carbocycles. The van der Waals surface area contributed by atoms with Gasteiger partial charge < -0.3 is 0 Å². The van der Waals surface area contributed by atoms with Crippen LogP contribution in [0.15, 0.2) is 36.7 Å². The maximum absolute atomic E-state index is 4.05. The smallest absolute Gasteiger partial charge is 0.0525 e. The van der Waals surface area contributed by atoms with E-state index in [4.69, 9.17) is 0 Å². The van der Waals surface area contributed by atoms with Crippen molar-refractivity contribution in [1.82, 2.24) is 10.2 Å². The third kappa shape index (κ3) is 1.46. The Kier molecular flexibility index (Phi) is 2.05. The van der Waals surface area contributed by atoms with Gasteiger partial charge in [-0.2, -0.15) is 5.10 Å². The molecule has 0 fully saturated rings. The topological polar surface area (TPSA) is 28.7 Å². The van der Waals surface area contributed by atoms with E-state index in [1.54, 1.807) is 0 Å². The molecule has 0 radical (unpaired) electrons. The second-order valence-electron chi connectivity index (χ2n) is 4.18. The molecule has 1 atom stereocenters. The molecular weight excluding hydrogens is 184 g/mol. The molecule has 15 heavy (non-hydrogen) atoms. The first kappa shape index (κ1) is 8.72. The van der Waals surface area contributed by atoms with Crippen LogP contribution in [0, 0.1) is 0 Å². The van der Waals surface area contributed by atoms with Crippen LogP contribution >= 0.6 is 0 Å². The molecule has 2 nitrogen and oxygen atoms in total. The summed E-state index contributed by atoms with van der Waals surface area (Å²) >= 11 is 0. The Morgan fingerprint density at radius 3 is 3.07 bits per heavy atom. The number of aryl methyl sites for hydroxylation is 1. The van der Waals surface area contributed by atoms with Crippen molar-refractivity contribution in [1.29, 1.82) is 0 Å². The van der Waals surface area contributed by atoms with Gasteiger partial charge in [0, 0.05) is 12.1 Å². The number of nitrogens with one attached hydrogen (secondary N) is 1. The highest BCUT2D eigenvalue weighted by molar-refractivity contribution is 5.38. The number of fused-ring (bicyclic) bond motifs is 1. The fourth-order valence-corrected chi connectivity index (χ4v) is 2.55. The number of H-pyrrole nitrogens is 1. The summed E-state index contributed by atoms with van der Waals surface area (Å²) in [5, 5.41) is 6.95. The fourth-order valence-electron chi connectivity index (χ4n) is 2.55. The first-order valence-electron chi connectivity index (χ1n) is 5.51. The Labute approximate surface area is 89.3 Å². The van der Waals surface area contributed by atoms with Crippen LogP contribution < -0.4 is 0 Å². The van der Waals surface area contributed by atoms with Crippen molar-refractivity contribution in [3.8, 4) is 0 Å². The summed E-state index contributed by atoms with van der Waals surface area (Å²) in [5.74, 6) is 0.550. The highest BCUT2D eigenvalue weighted by Gasteiger charge is 2.21. The van der Waals surface area contributed by atoms with E-state index in [0.29, 0.717) is 5.92 Å². The first-order valence-corrected chi connectivity index (χ1v) is 5.51. The lowest BCUT2D eigenvalue weighted by Gasteiger charge is -2.24. The van der Waals surface area contributed by atoms with Gasteiger partial charge in [-0.25, -0.2) is 0 Å². The fraction of sp³-hybridized carbons (Fsp3) is 0.308. The molecule has 0 aliphatic heterocycles. The summed E-state index contributed by atoms with van der Waals surface area (Å²) in [6.45, 7) is 0. The predicted molar refractivity (Wildman–Crippen MR) is 59.8 cm³/mol. The molecule has 0 amide bonds. The second kappa shape index (κ2) is 3.54. The van der Waals surface area contributed by atoms with Gasteiger partial charge in [0.25, 0.3) is 0 Å². The molecule has 2 aromatic rings. The van der Waals surface area contributed by atoms with Crippen LogP contribution in [0.5, 0.6) is 0 Å². The molecule has 0 bridgehead atoms. The molecule has 0 saturated carbocycles. The molecule has 1 aliphatic carbocycles. The lowest BCUT2D eigenvalue weighted by molar-refractivity contribution is 0.616. The summed E-state index contributed by atoms with van der Waals surface area (Å²) < 4.78 is 0. The van der Waals surface area contributed by atoms with Crippen LogP contribution in [0.3, 0.4) is 0 Å². The molecule has 0 saturated heterocycles. The van der Waals surface area contributed by atoms with Crippen LogP contribution in [-0.2, 0) is 6.42 Å².